The average molecular weight is 122 g/mol. The van der Waals surface area contributed by atoms with Gasteiger partial charge in [-0.05, 0) is 31.1 Å². The lowest BCUT2D eigenvalue weighted by Crippen LogP contribution is -2.10. The second-order valence-corrected chi connectivity index (χ2v) is 3.75. The average Bonchev–Trinajstić information content (AvgIpc) is 2.38. The molecule has 0 N–H and O–H groups in total. The quantitative estimate of drug-likeness (QED) is 0.433. The van der Waals surface area contributed by atoms with Crippen molar-refractivity contribution in [2.75, 3.05) is 0 Å². The Bertz CT molecular complexity index is 157. The molecule has 2 aliphatic carbocycles. The summed E-state index contributed by atoms with van der Waals surface area (Å²) in [5, 5.41) is 0. The van der Waals surface area contributed by atoms with Gasteiger partial charge in [0.25, 0.3) is 0 Å². The second kappa shape index (κ2) is 1.62. The zero-order valence-electron chi connectivity index (χ0n) is 6.28. The number of hydrogen-bond donors (Lipinski definition) is 0. The summed E-state index contributed by atoms with van der Waals surface area (Å²) in [6, 6.07) is 0. The lowest BCUT2D eigenvalue weighted by molar-refractivity contribution is 0.457. The van der Waals surface area contributed by atoms with Crippen molar-refractivity contribution in [3.05, 3.63) is 11.1 Å². The SMILES string of the molecule is CC1CC(=C2CC2C)C1. The van der Waals surface area contributed by atoms with Crippen molar-refractivity contribution in [1.29, 1.82) is 0 Å². The lowest BCUT2D eigenvalue weighted by Gasteiger charge is -2.25. The molecule has 0 aromatic carbocycles. The van der Waals surface area contributed by atoms with Crippen LogP contribution in [-0.2, 0) is 0 Å². The minimum Gasteiger partial charge on any atom is -0.0702 e. The molecule has 2 aliphatic rings. The molecular weight excluding hydrogens is 108 g/mol. The summed E-state index contributed by atoms with van der Waals surface area (Å²) >= 11 is 0. The number of allylic oxidation sites excluding steroid dienone is 2. The molecule has 9 heavy (non-hydrogen) atoms. The van der Waals surface area contributed by atoms with E-state index in [9.17, 15) is 0 Å². The van der Waals surface area contributed by atoms with Gasteiger partial charge in [-0.1, -0.05) is 25.0 Å². The molecule has 1 atom stereocenters. The van der Waals surface area contributed by atoms with Crippen LogP contribution in [0.5, 0.6) is 0 Å². The van der Waals surface area contributed by atoms with E-state index in [0.717, 1.165) is 11.8 Å². The molecule has 50 valence electrons. The first-order valence-corrected chi connectivity index (χ1v) is 3.98. The molecule has 2 fully saturated rings. The van der Waals surface area contributed by atoms with E-state index in [0.29, 0.717) is 0 Å². The molecule has 0 bridgehead atoms. The second-order valence-electron chi connectivity index (χ2n) is 3.75. The van der Waals surface area contributed by atoms with Crippen LogP contribution in [0, 0.1) is 11.8 Å². The normalized spacial score (nSPS) is 40.7. The standard InChI is InChI=1S/C9H14/c1-6-3-8(4-6)9-5-7(9)2/h6-7H,3-5H2,1-2H3. The van der Waals surface area contributed by atoms with Crippen molar-refractivity contribution in [3.63, 3.8) is 0 Å². The van der Waals surface area contributed by atoms with Gasteiger partial charge in [-0.2, -0.15) is 0 Å². The van der Waals surface area contributed by atoms with Crippen LogP contribution in [0.25, 0.3) is 0 Å². The molecule has 1 unspecified atom stereocenters. The highest BCUT2D eigenvalue weighted by Gasteiger charge is 2.32. The number of hydrogen-bond acceptors (Lipinski definition) is 0. The van der Waals surface area contributed by atoms with E-state index in [1.54, 1.807) is 11.1 Å². The van der Waals surface area contributed by atoms with Gasteiger partial charge >= 0.3 is 0 Å². The molecule has 0 aromatic heterocycles. The summed E-state index contributed by atoms with van der Waals surface area (Å²) in [4.78, 5) is 0. The summed E-state index contributed by atoms with van der Waals surface area (Å²) in [5.41, 5.74) is 3.60. The molecule has 0 heteroatoms. The first-order valence-electron chi connectivity index (χ1n) is 3.98. The zero-order chi connectivity index (χ0) is 6.43. The largest absolute Gasteiger partial charge is 0.0702 e. The maximum absolute atomic E-state index is 2.34. The molecule has 0 heterocycles. The van der Waals surface area contributed by atoms with Gasteiger partial charge in [-0.3, -0.25) is 0 Å². The Morgan fingerprint density at radius 1 is 1.11 bits per heavy atom. The molecule has 2 saturated carbocycles. The van der Waals surface area contributed by atoms with Gasteiger partial charge in [0.05, 0.1) is 0 Å². The molecule has 0 aliphatic heterocycles. The van der Waals surface area contributed by atoms with Crippen molar-refractivity contribution in [1.82, 2.24) is 0 Å². The van der Waals surface area contributed by atoms with Gasteiger partial charge in [0.15, 0.2) is 0 Å². The Labute approximate surface area is 57.0 Å². The number of rotatable bonds is 0. The molecule has 0 amide bonds. The predicted octanol–water partition coefficient (Wildman–Crippen LogP) is 2.75. The summed E-state index contributed by atoms with van der Waals surface area (Å²) in [6.45, 7) is 4.68. The highest BCUT2D eigenvalue weighted by Crippen LogP contribution is 2.47. The van der Waals surface area contributed by atoms with Crippen LogP contribution in [0.15, 0.2) is 11.1 Å². The van der Waals surface area contributed by atoms with Gasteiger partial charge in [-0.25, -0.2) is 0 Å². The molecule has 0 radical (unpaired) electrons. The Morgan fingerprint density at radius 3 is 2.00 bits per heavy atom. The van der Waals surface area contributed by atoms with Gasteiger partial charge < -0.3 is 0 Å². The van der Waals surface area contributed by atoms with Crippen LogP contribution in [0.2, 0.25) is 0 Å². The molecular formula is C9H14. The van der Waals surface area contributed by atoms with Gasteiger partial charge in [-0.15, -0.1) is 0 Å². The van der Waals surface area contributed by atoms with E-state index < -0.39 is 0 Å². The van der Waals surface area contributed by atoms with Crippen LogP contribution < -0.4 is 0 Å². The van der Waals surface area contributed by atoms with Gasteiger partial charge in [0.1, 0.15) is 0 Å². The molecule has 0 spiro atoms. The first kappa shape index (κ1) is 5.52. The van der Waals surface area contributed by atoms with Crippen molar-refractivity contribution < 1.29 is 0 Å². The molecule has 0 saturated heterocycles. The molecule has 2 rings (SSSR count). The lowest BCUT2D eigenvalue weighted by atomic mass is 9.81. The maximum Gasteiger partial charge on any atom is -0.0191 e. The fourth-order valence-corrected chi connectivity index (χ4v) is 1.81. The van der Waals surface area contributed by atoms with E-state index in [-0.39, 0.29) is 0 Å². The zero-order valence-corrected chi connectivity index (χ0v) is 6.28. The van der Waals surface area contributed by atoms with E-state index in [1.165, 1.54) is 19.3 Å². The minimum absolute atomic E-state index is 0.965. The van der Waals surface area contributed by atoms with E-state index in [2.05, 4.69) is 13.8 Å². The Balaban J connectivity index is 2.02. The van der Waals surface area contributed by atoms with Gasteiger partial charge in [0.2, 0.25) is 0 Å². The summed E-state index contributed by atoms with van der Waals surface area (Å²) in [6.07, 6.45) is 4.25. The Hall–Kier alpha value is -0.260. The summed E-state index contributed by atoms with van der Waals surface area (Å²) in [5.74, 6) is 1.97. The van der Waals surface area contributed by atoms with Gasteiger partial charge in [0, 0.05) is 0 Å². The fraction of sp³-hybridized carbons (Fsp3) is 0.778. The topological polar surface area (TPSA) is 0 Å². The smallest absolute Gasteiger partial charge is 0.0191 e. The summed E-state index contributed by atoms with van der Waals surface area (Å²) in [7, 11) is 0. The third-order valence-electron chi connectivity index (χ3n) is 2.60. The van der Waals surface area contributed by atoms with Crippen molar-refractivity contribution in [2.45, 2.75) is 33.1 Å². The van der Waals surface area contributed by atoms with Crippen LogP contribution in [0.4, 0.5) is 0 Å². The Kier molecular flexibility index (Phi) is 0.992. The first-order chi connectivity index (χ1) is 4.27. The Morgan fingerprint density at radius 2 is 1.67 bits per heavy atom. The van der Waals surface area contributed by atoms with Crippen molar-refractivity contribution in [3.8, 4) is 0 Å². The third kappa shape index (κ3) is 0.810. The summed E-state index contributed by atoms with van der Waals surface area (Å²) < 4.78 is 0. The van der Waals surface area contributed by atoms with Crippen LogP contribution in [-0.4, -0.2) is 0 Å². The molecule has 0 nitrogen and oxygen atoms in total. The van der Waals surface area contributed by atoms with Crippen molar-refractivity contribution >= 4 is 0 Å². The maximum atomic E-state index is 2.34. The highest BCUT2D eigenvalue weighted by molar-refractivity contribution is 5.32. The van der Waals surface area contributed by atoms with Crippen LogP contribution in [0.3, 0.4) is 0 Å². The van der Waals surface area contributed by atoms with E-state index in [4.69, 9.17) is 0 Å². The van der Waals surface area contributed by atoms with E-state index in [1.807, 2.05) is 0 Å². The van der Waals surface area contributed by atoms with Crippen LogP contribution in [0.1, 0.15) is 33.1 Å². The fourth-order valence-electron chi connectivity index (χ4n) is 1.81. The molecule has 0 aromatic rings. The monoisotopic (exact) mass is 122 g/mol. The van der Waals surface area contributed by atoms with Crippen LogP contribution >= 0.6 is 0 Å². The van der Waals surface area contributed by atoms with Crippen molar-refractivity contribution in [2.24, 2.45) is 11.8 Å². The highest BCUT2D eigenvalue weighted by atomic mass is 14.4. The van der Waals surface area contributed by atoms with E-state index >= 15 is 0 Å². The predicted molar refractivity (Wildman–Crippen MR) is 39.2 cm³/mol. The third-order valence-corrected chi connectivity index (χ3v) is 2.60. The minimum atomic E-state index is 0.965.